The molecule has 2 rings (SSSR count). The Kier molecular flexibility index (Phi) is 6.71. The normalized spacial score (nSPS) is 19.2. The number of hydrogen-bond donors (Lipinski definition) is 2. The maximum Gasteiger partial charge on any atom is 0.198 e. The average Bonchev–Trinajstić information content (AvgIpc) is 2.55. The molecule has 0 bridgehead atoms. The fourth-order valence-corrected chi connectivity index (χ4v) is 3.08. The molecular weight excluding hydrogens is 314 g/mol. The molecule has 5 heteroatoms. The van der Waals surface area contributed by atoms with Gasteiger partial charge in [0.2, 0.25) is 0 Å². The molecule has 2 N–H and O–H groups in total. The van der Waals surface area contributed by atoms with Crippen LogP contribution < -0.4 is 5.32 Å². The number of likely N-dealkylation sites (tertiary alicyclic amines) is 1. The summed E-state index contributed by atoms with van der Waals surface area (Å²) in [4.78, 5) is 7.02. The maximum atomic E-state index is 10.3. The van der Waals surface area contributed by atoms with Crippen LogP contribution in [0.5, 0.6) is 5.75 Å². The molecule has 1 aromatic rings. The first-order valence-electron chi connectivity index (χ1n) is 9.23. The van der Waals surface area contributed by atoms with E-state index in [0.29, 0.717) is 24.9 Å². The monoisotopic (exact) mass is 347 g/mol. The molecule has 1 saturated heterocycles. The molecule has 0 aliphatic carbocycles. The number of methoxy groups -OCH3 is 1. The Bertz CT molecular complexity index is 593. The van der Waals surface area contributed by atoms with E-state index < -0.39 is 0 Å². The van der Waals surface area contributed by atoms with Gasteiger partial charge in [-0.1, -0.05) is 26.8 Å². The van der Waals surface area contributed by atoms with E-state index in [-0.39, 0.29) is 11.2 Å². The number of phenols is 1. The van der Waals surface area contributed by atoms with Crippen molar-refractivity contribution < 1.29 is 9.84 Å². The summed E-state index contributed by atoms with van der Waals surface area (Å²) in [5.74, 6) is 1.07. The summed E-state index contributed by atoms with van der Waals surface area (Å²) >= 11 is 0. The Hall–Kier alpha value is -1.75. The van der Waals surface area contributed by atoms with Gasteiger partial charge in [-0.05, 0) is 49.3 Å². The third-order valence-electron chi connectivity index (χ3n) is 4.74. The number of guanidine groups is 1. The number of ether oxygens (including phenoxy) is 1. The molecule has 1 aliphatic heterocycles. The van der Waals surface area contributed by atoms with Crippen LogP contribution in [0.25, 0.3) is 0 Å². The molecule has 1 atom stereocenters. The zero-order valence-electron chi connectivity index (χ0n) is 16.3. The highest BCUT2D eigenvalue weighted by molar-refractivity contribution is 5.95. The van der Waals surface area contributed by atoms with Gasteiger partial charge in [0.15, 0.2) is 5.96 Å². The van der Waals surface area contributed by atoms with Gasteiger partial charge >= 0.3 is 0 Å². The van der Waals surface area contributed by atoms with Gasteiger partial charge in [-0.2, -0.15) is 0 Å². The Morgan fingerprint density at radius 1 is 1.36 bits per heavy atom. The number of phenolic OH excluding ortho intramolecular Hbond substituents is 1. The predicted octanol–water partition coefficient (Wildman–Crippen LogP) is 3.98. The van der Waals surface area contributed by atoms with Crippen molar-refractivity contribution in [2.75, 3.05) is 32.1 Å². The molecule has 1 unspecified atom stereocenters. The smallest absolute Gasteiger partial charge is 0.198 e. The predicted molar refractivity (Wildman–Crippen MR) is 105 cm³/mol. The van der Waals surface area contributed by atoms with Crippen LogP contribution >= 0.6 is 0 Å². The number of nitrogens with one attached hydrogen (secondary N) is 1. The highest BCUT2D eigenvalue weighted by atomic mass is 16.5. The molecule has 1 fully saturated rings. The number of piperidine rings is 1. The number of aromatic hydroxyl groups is 1. The lowest BCUT2D eigenvalue weighted by molar-refractivity contribution is 0.206. The van der Waals surface area contributed by atoms with E-state index in [1.54, 1.807) is 13.2 Å². The van der Waals surface area contributed by atoms with E-state index in [1.165, 1.54) is 24.8 Å². The molecule has 0 saturated carbocycles. The lowest BCUT2D eigenvalue weighted by Gasteiger charge is -2.36. The first-order chi connectivity index (χ1) is 11.8. The highest BCUT2D eigenvalue weighted by Crippen LogP contribution is 2.31. The van der Waals surface area contributed by atoms with Crippen molar-refractivity contribution in [3.05, 3.63) is 23.8 Å². The molecular formula is C20H33N3O2. The largest absolute Gasteiger partial charge is 0.506 e. The lowest BCUT2D eigenvalue weighted by Crippen LogP contribution is -2.45. The zero-order chi connectivity index (χ0) is 18.4. The van der Waals surface area contributed by atoms with Gasteiger partial charge in [0.05, 0.1) is 18.8 Å². The van der Waals surface area contributed by atoms with Crippen LogP contribution in [0.3, 0.4) is 0 Å². The minimum absolute atomic E-state index is 0.0237. The maximum absolute atomic E-state index is 10.3. The minimum atomic E-state index is 0.0237. The number of rotatable bonds is 4. The third kappa shape index (κ3) is 5.36. The third-order valence-corrected chi connectivity index (χ3v) is 4.74. The van der Waals surface area contributed by atoms with Crippen molar-refractivity contribution in [1.82, 2.24) is 4.90 Å². The summed E-state index contributed by atoms with van der Waals surface area (Å²) in [6.07, 6.45) is 3.59. The summed E-state index contributed by atoms with van der Waals surface area (Å²) in [6, 6.07) is 6.20. The second-order valence-corrected chi connectivity index (χ2v) is 7.84. The number of aliphatic imine (C=N–C) groups is 1. The van der Waals surface area contributed by atoms with Crippen LogP contribution in [0.4, 0.5) is 5.69 Å². The van der Waals surface area contributed by atoms with Crippen molar-refractivity contribution >= 4 is 11.6 Å². The molecule has 0 spiro atoms. The zero-order valence-corrected chi connectivity index (χ0v) is 16.3. The molecule has 0 radical (unpaired) electrons. The van der Waals surface area contributed by atoms with Crippen LogP contribution in [0.2, 0.25) is 0 Å². The van der Waals surface area contributed by atoms with Crippen molar-refractivity contribution in [2.45, 2.75) is 58.4 Å². The van der Waals surface area contributed by atoms with Gasteiger partial charge in [-0.3, -0.25) is 4.99 Å². The summed E-state index contributed by atoms with van der Waals surface area (Å²) in [5, 5.41) is 13.7. The Morgan fingerprint density at radius 2 is 2.12 bits per heavy atom. The first kappa shape index (κ1) is 19.6. The number of nitrogens with zero attached hydrogens (tertiary/aromatic N) is 2. The minimum Gasteiger partial charge on any atom is -0.506 e. The van der Waals surface area contributed by atoms with Gasteiger partial charge in [-0.25, -0.2) is 0 Å². The van der Waals surface area contributed by atoms with Crippen molar-refractivity contribution in [1.29, 1.82) is 0 Å². The summed E-state index contributed by atoms with van der Waals surface area (Å²) in [6.45, 7) is 10.9. The molecule has 1 aliphatic rings. The fourth-order valence-electron chi connectivity index (χ4n) is 3.08. The van der Waals surface area contributed by atoms with E-state index >= 15 is 0 Å². The average molecular weight is 348 g/mol. The summed E-state index contributed by atoms with van der Waals surface area (Å²) in [7, 11) is 1.69. The van der Waals surface area contributed by atoms with E-state index in [0.717, 1.165) is 12.5 Å². The summed E-state index contributed by atoms with van der Waals surface area (Å²) < 4.78 is 5.14. The van der Waals surface area contributed by atoms with Crippen LogP contribution in [-0.4, -0.2) is 48.8 Å². The number of anilines is 1. The Labute approximate surface area is 152 Å². The van der Waals surface area contributed by atoms with Crippen molar-refractivity contribution in [2.24, 2.45) is 4.99 Å². The molecule has 140 valence electrons. The molecule has 5 nitrogen and oxygen atoms in total. The van der Waals surface area contributed by atoms with Gasteiger partial charge in [0.1, 0.15) is 5.75 Å². The van der Waals surface area contributed by atoms with Crippen LogP contribution in [0.15, 0.2) is 23.2 Å². The fraction of sp³-hybridized carbons (Fsp3) is 0.650. The molecule has 1 heterocycles. The topological polar surface area (TPSA) is 57.1 Å². The van der Waals surface area contributed by atoms with E-state index in [4.69, 9.17) is 9.73 Å². The Balaban J connectivity index is 2.28. The van der Waals surface area contributed by atoms with Crippen LogP contribution in [-0.2, 0) is 10.2 Å². The van der Waals surface area contributed by atoms with Gasteiger partial charge in [0.25, 0.3) is 0 Å². The second kappa shape index (κ2) is 8.56. The number of hydrogen-bond acceptors (Lipinski definition) is 3. The Morgan fingerprint density at radius 3 is 2.76 bits per heavy atom. The summed E-state index contributed by atoms with van der Waals surface area (Å²) in [5.41, 5.74) is 1.91. The molecule has 0 aromatic heterocycles. The molecule has 0 amide bonds. The second-order valence-electron chi connectivity index (χ2n) is 7.84. The molecule has 1 aromatic carbocycles. The van der Waals surface area contributed by atoms with Gasteiger partial charge in [-0.15, -0.1) is 0 Å². The standard InChI is InChI=1S/C20H33N3O2/c1-15-8-6-7-12-23(15)19(21-11-13-25-5)22-17-14-16(20(2,3)4)9-10-18(17)24/h9-10,14-15,24H,6-8,11-13H2,1-5H3,(H,21,22). The van der Waals surface area contributed by atoms with Crippen LogP contribution in [0, 0.1) is 0 Å². The van der Waals surface area contributed by atoms with Gasteiger partial charge in [0, 0.05) is 19.7 Å². The SMILES string of the molecule is COCCN=C(Nc1cc(C(C)(C)C)ccc1O)N1CCCCC1C. The lowest BCUT2D eigenvalue weighted by atomic mass is 9.87. The van der Waals surface area contributed by atoms with E-state index in [2.05, 4.69) is 37.9 Å². The van der Waals surface area contributed by atoms with Gasteiger partial charge < -0.3 is 20.1 Å². The number of benzene rings is 1. The van der Waals surface area contributed by atoms with Crippen molar-refractivity contribution in [3.8, 4) is 5.75 Å². The van der Waals surface area contributed by atoms with E-state index in [9.17, 15) is 5.11 Å². The van der Waals surface area contributed by atoms with Crippen LogP contribution in [0.1, 0.15) is 52.5 Å². The molecule has 25 heavy (non-hydrogen) atoms. The quantitative estimate of drug-likeness (QED) is 0.374. The van der Waals surface area contributed by atoms with Crippen molar-refractivity contribution in [3.63, 3.8) is 0 Å². The van der Waals surface area contributed by atoms with E-state index in [1.807, 2.05) is 12.1 Å². The highest BCUT2D eigenvalue weighted by Gasteiger charge is 2.23. The first-order valence-corrected chi connectivity index (χ1v) is 9.23.